The zero-order chi connectivity index (χ0) is 23.1. The second-order valence-corrected chi connectivity index (χ2v) is 16.8. The molecule has 0 amide bonds. The minimum atomic E-state index is -1.07. The average molecular weight is 470 g/mol. The van der Waals surface area contributed by atoms with Crippen LogP contribution in [-0.2, 0) is 16.2 Å². The fourth-order valence-electron chi connectivity index (χ4n) is 5.30. The van der Waals surface area contributed by atoms with Gasteiger partial charge < -0.3 is 14.8 Å². The molecule has 1 unspecified atom stereocenters. The summed E-state index contributed by atoms with van der Waals surface area (Å²) in [6.45, 7) is 10.4. The molecule has 4 rings (SSSR count). The molecule has 1 aliphatic heterocycles. The molecule has 1 aliphatic carbocycles. The van der Waals surface area contributed by atoms with E-state index in [0.717, 1.165) is 19.8 Å². The summed E-state index contributed by atoms with van der Waals surface area (Å²) in [5.74, 6) is 1.13. The number of ether oxygens (including phenoxy) is 2. The molecule has 1 aromatic heterocycles. The second-order valence-electron chi connectivity index (χ2n) is 11.1. The van der Waals surface area contributed by atoms with Gasteiger partial charge in [0.1, 0.15) is 6.73 Å². The number of hydrogen-bond donors (Lipinski definition) is 1. The van der Waals surface area contributed by atoms with Crippen molar-refractivity contribution in [1.82, 2.24) is 15.1 Å². The topological polar surface area (TPSA) is 48.3 Å². The summed E-state index contributed by atoms with van der Waals surface area (Å²) in [5, 5.41) is 8.33. The molecule has 182 valence electrons. The number of piperidine rings is 1. The highest BCUT2D eigenvalue weighted by Gasteiger charge is 2.31. The third kappa shape index (κ3) is 7.25. The number of hydrogen-bond acceptors (Lipinski definition) is 4. The highest BCUT2D eigenvalue weighted by molar-refractivity contribution is 6.76. The van der Waals surface area contributed by atoms with Gasteiger partial charge >= 0.3 is 0 Å². The van der Waals surface area contributed by atoms with Gasteiger partial charge in [0.05, 0.1) is 12.7 Å². The minimum absolute atomic E-state index is 0.350. The van der Waals surface area contributed by atoms with Crippen LogP contribution in [0.4, 0.5) is 0 Å². The first-order valence-electron chi connectivity index (χ1n) is 13.0. The maximum Gasteiger partial charge on any atom is 0.139 e. The van der Waals surface area contributed by atoms with Gasteiger partial charge in [0, 0.05) is 38.5 Å². The van der Waals surface area contributed by atoms with Gasteiger partial charge in [0.15, 0.2) is 0 Å². The fourth-order valence-corrected chi connectivity index (χ4v) is 6.06. The molecule has 6 heteroatoms. The van der Waals surface area contributed by atoms with E-state index in [0.29, 0.717) is 30.7 Å². The Hall–Kier alpha value is -1.47. The number of benzene rings is 1. The molecule has 1 N–H and O–H groups in total. The highest BCUT2D eigenvalue weighted by atomic mass is 28.3. The third-order valence-corrected chi connectivity index (χ3v) is 9.08. The lowest BCUT2D eigenvalue weighted by Gasteiger charge is -2.35. The Morgan fingerprint density at radius 3 is 2.58 bits per heavy atom. The van der Waals surface area contributed by atoms with E-state index in [1.807, 2.05) is 6.20 Å². The van der Waals surface area contributed by atoms with Gasteiger partial charge in [-0.1, -0.05) is 50.0 Å². The summed E-state index contributed by atoms with van der Waals surface area (Å²) < 4.78 is 14.6. The molecule has 1 saturated heterocycles. The summed E-state index contributed by atoms with van der Waals surface area (Å²) in [5.41, 5.74) is 2.78. The van der Waals surface area contributed by atoms with Crippen LogP contribution in [0.5, 0.6) is 0 Å². The van der Waals surface area contributed by atoms with Crippen molar-refractivity contribution in [3.63, 3.8) is 0 Å². The van der Waals surface area contributed by atoms with Crippen LogP contribution in [0, 0.1) is 0 Å². The fraction of sp³-hybridized carbons (Fsp3) is 0.667. The Balaban J connectivity index is 1.27. The number of rotatable bonds is 10. The predicted octanol–water partition coefficient (Wildman–Crippen LogP) is 5.77. The maximum atomic E-state index is 6.49. The number of nitrogens with zero attached hydrogens (tertiary/aromatic N) is 2. The quantitative estimate of drug-likeness (QED) is 0.354. The first-order valence-corrected chi connectivity index (χ1v) is 16.7. The van der Waals surface area contributed by atoms with Gasteiger partial charge in [-0.05, 0) is 68.7 Å². The van der Waals surface area contributed by atoms with E-state index in [1.54, 1.807) is 0 Å². The van der Waals surface area contributed by atoms with Gasteiger partial charge in [0.25, 0.3) is 0 Å². The van der Waals surface area contributed by atoms with Crippen LogP contribution in [-0.4, -0.2) is 49.8 Å². The van der Waals surface area contributed by atoms with Crippen molar-refractivity contribution in [2.75, 3.05) is 19.8 Å². The van der Waals surface area contributed by atoms with E-state index >= 15 is 0 Å². The van der Waals surface area contributed by atoms with Crippen LogP contribution < -0.4 is 5.32 Å². The molecule has 2 heterocycles. The maximum absolute atomic E-state index is 6.49. The zero-order valence-electron chi connectivity index (χ0n) is 20.8. The van der Waals surface area contributed by atoms with E-state index < -0.39 is 8.07 Å². The van der Waals surface area contributed by atoms with Crippen LogP contribution >= 0.6 is 0 Å². The predicted molar refractivity (Wildman–Crippen MR) is 137 cm³/mol. The second kappa shape index (κ2) is 11.8. The van der Waals surface area contributed by atoms with Gasteiger partial charge in [-0.15, -0.1) is 0 Å². The van der Waals surface area contributed by atoms with Crippen molar-refractivity contribution in [2.45, 2.75) is 94.9 Å². The van der Waals surface area contributed by atoms with Gasteiger partial charge in [-0.3, -0.25) is 0 Å². The summed E-state index contributed by atoms with van der Waals surface area (Å²) in [4.78, 5) is 0. The Morgan fingerprint density at radius 2 is 1.82 bits per heavy atom. The lowest BCUT2D eigenvalue weighted by Crippen LogP contribution is -2.44. The van der Waals surface area contributed by atoms with E-state index in [1.165, 1.54) is 55.8 Å². The Labute approximate surface area is 201 Å². The Kier molecular flexibility index (Phi) is 8.80. The largest absolute Gasteiger partial charge is 0.377 e. The Morgan fingerprint density at radius 1 is 1.03 bits per heavy atom. The third-order valence-electron chi connectivity index (χ3n) is 7.38. The molecular formula is C27H43N3O2Si. The average Bonchev–Trinajstić information content (AvgIpc) is 3.29. The van der Waals surface area contributed by atoms with E-state index in [9.17, 15) is 0 Å². The molecule has 0 spiro atoms. The summed E-state index contributed by atoms with van der Waals surface area (Å²) in [6, 6.07) is 14.7. The molecular weight excluding hydrogens is 426 g/mol. The van der Waals surface area contributed by atoms with Crippen molar-refractivity contribution in [3.05, 3.63) is 53.9 Å². The van der Waals surface area contributed by atoms with Gasteiger partial charge in [-0.2, -0.15) is 5.10 Å². The molecule has 33 heavy (non-hydrogen) atoms. The summed E-state index contributed by atoms with van der Waals surface area (Å²) in [7, 11) is -1.07. The van der Waals surface area contributed by atoms with Crippen LogP contribution in [0.25, 0.3) is 0 Å². The SMILES string of the molecule is C[Si](C)(C)CCOCn1nccc1C1CCCN[C@H]1COC1CCC(c2ccccc2)CC1. The van der Waals surface area contributed by atoms with E-state index in [2.05, 4.69) is 71.1 Å². The van der Waals surface area contributed by atoms with Crippen molar-refractivity contribution >= 4 is 8.07 Å². The minimum Gasteiger partial charge on any atom is -0.377 e. The molecule has 2 aliphatic rings. The standard InChI is InChI=1S/C27H43N3O2Si/c1-33(2,3)19-18-31-21-30-27(15-17-29-30)25-10-7-16-28-26(25)20-32-24-13-11-23(12-14-24)22-8-5-4-6-9-22/h4-6,8-9,15,17,23-26,28H,7,10-14,16,18-21H2,1-3H3/t23?,24?,25?,26-/m0/s1. The molecule has 1 aromatic carbocycles. The van der Waals surface area contributed by atoms with Crippen molar-refractivity contribution in [2.24, 2.45) is 0 Å². The molecule has 0 radical (unpaired) electrons. The van der Waals surface area contributed by atoms with Gasteiger partial charge in [0.2, 0.25) is 0 Å². The van der Waals surface area contributed by atoms with Crippen LogP contribution in [0.15, 0.2) is 42.6 Å². The summed E-state index contributed by atoms with van der Waals surface area (Å²) >= 11 is 0. The molecule has 0 bridgehead atoms. The van der Waals surface area contributed by atoms with Crippen LogP contribution in [0.3, 0.4) is 0 Å². The molecule has 5 nitrogen and oxygen atoms in total. The monoisotopic (exact) mass is 469 g/mol. The lowest BCUT2D eigenvalue weighted by atomic mass is 9.82. The first kappa shape index (κ1) is 24.6. The zero-order valence-corrected chi connectivity index (χ0v) is 21.8. The highest BCUT2D eigenvalue weighted by Crippen LogP contribution is 2.35. The van der Waals surface area contributed by atoms with Crippen molar-refractivity contribution in [1.29, 1.82) is 0 Å². The summed E-state index contributed by atoms with van der Waals surface area (Å²) in [6.07, 6.45) is 9.50. The molecule has 2 fully saturated rings. The van der Waals surface area contributed by atoms with Gasteiger partial charge in [-0.25, -0.2) is 4.68 Å². The Bertz CT molecular complexity index is 827. The normalized spacial score (nSPS) is 26.4. The number of nitrogens with one attached hydrogen (secondary N) is 1. The van der Waals surface area contributed by atoms with Crippen LogP contribution in [0.2, 0.25) is 25.7 Å². The van der Waals surface area contributed by atoms with E-state index in [-0.39, 0.29) is 0 Å². The molecule has 2 atom stereocenters. The van der Waals surface area contributed by atoms with Crippen molar-refractivity contribution in [3.8, 4) is 0 Å². The molecule has 1 saturated carbocycles. The molecule has 2 aromatic rings. The first-order chi connectivity index (χ1) is 16.0. The lowest BCUT2D eigenvalue weighted by molar-refractivity contribution is 0.00439. The van der Waals surface area contributed by atoms with E-state index in [4.69, 9.17) is 9.47 Å². The van der Waals surface area contributed by atoms with Crippen LogP contribution in [0.1, 0.15) is 61.6 Å². The smallest absolute Gasteiger partial charge is 0.139 e. The van der Waals surface area contributed by atoms with Crippen molar-refractivity contribution < 1.29 is 9.47 Å². The number of aromatic nitrogens is 2.